The fourth-order valence-electron chi connectivity index (χ4n) is 1.86. The van der Waals surface area contributed by atoms with Crippen molar-refractivity contribution < 1.29 is 9.59 Å². The Morgan fingerprint density at radius 2 is 2.10 bits per heavy atom. The minimum Gasteiger partial charge on any atom is -0.355 e. The molecular formula is C15H13N3O2S. The summed E-state index contributed by atoms with van der Waals surface area (Å²) in [5.41, 5.74) is 1.49. The Morgan fingerprint density at radius 1 is 1.38 bits per heavy atom. The van der Waals surface area contributed by atoms with E-state index in [-0.39, 0.29) is 11.7 Å². The van der Waals surface area contributed by atoms with Gasteiger partial charge in [0.2, 0.25) is 0 Å². The lowest BCUT2D eigenvalue weighted by Crippen LogP contribution is -2.19. The van der Waals surface area contributed by atoms with Gasteiger partial charge in [0, 0.05) is 29.2 Å². The van der Waals surface area contributed by atoms with Crippen molar-refractivity contribution in [1.29, 1.82) is 5.26 Å². The molecular weight excluding hydrogens is 286 g/mol. The molecule has 0 unspecified atom stereocenters. The molecule has 0 radical (unpaired) electrons. The third-order valence-corrected chi connectivity index (χ3v) is 3.94. The van der Waals surface area contributed by atoms with E-state index in [9.17, 15) is 14.9 Å². The molecule has 0 aliphatic heterocycles. The van der Waals surface area contributed by atoms with E-state index in [0.717, 1.165) is 5.69 Å². The molecule has 0 saturated heterocycles. The van der Waals surface area contributed by atoms with Gasteiger partial charge in [-0.1, -0.05) is 12.1 Å². The van der Waals surface area contributed by atoms with E-state index in [1.54, 1.807) is 23.6 Å². The molecule has 0 saturated carbocycles. The monoisotopic (exact) mass is 299 g/mol. The van der Waals surface area contributed by atoms with Gasteiger partial charge in [-0.2, -0.15) is 5.26 Å². The number of carbonyl (C=O) groups is 2. The predicted octanol–water partition coefficient (Wildman–Crippen LogP) is 2.30. The van der Waals surface area contributed by atoms with Crippen LogP contribution in [0.1, 0.15) is 37.3 Å². The van der Waals surface area contributed by atoms with Crippen molar-refractivity contribution in [2.45, 2.75) is 12.8 Å². The summed E-state index contributed by atoms with van der Waals surface area (Å²) in [6.07, 6.45) is 0. The molecule has 1 aromatic carbocycles. The van der Waals surface area contributed by atoms with Crippen molar-refractivity contribution in [3.63, 3.8) is 0 Å². The van der Waals surface area contributed by atoms with Crippen LogP contribution in [-0.2, 0) is 0 Å². The molecule has 106 valence electrons. The van der Waals surface area contributed by atoms with Gasteiger partial charge < -0.3 is 5.32 Å². The highest BCUT2D eigenvalue weighted by Crippen LogP contribution is 2.24. The molecule has 21 heavy (non-hydrogen) atoms. The lowest BCUT2D eigenvalue weighted by molar-refractivity contribution is 0.0963. The van der Waals surface area contributed by atoms with Crippen LogP contribution in [0.5, 0.6) is 0 Å². The standard InChI is InChI=1S/C15H13N3O2S/c1-9-8-21-15(18-9)12(7-16)13(19)10-4-3-5-11(6-10)14(20)17-2/h3-6,8,12H,1-2H3,(H,17,20)/t12-/m1/s1. The molecule has 5 nitrogen and oxygen atoms in total. The van der Waals surface area contributed by atoms with E-state index in [4.69, 9.17) is 0 Å². The van der Waals surface area contributed by atoms with Crippen LogP contribution in [-0.4, -0.2) is 23.7 Å². The van der Waals surface area contributed by atoms with E-state index in [1.165, 1.54) is 24.5 Å². The SMILES string of the molecule is CNC(=O)c1cccc(C(=O)[C@@H](C#N)c2nc(C)cs2)c1. The smallest absolute Gasteiger partial charge is 0.251 e. The molecule has 1 atom stereocenters. The molecule has 1 amide bonds. The molecule has 0 spiro atoms. The van der Waals surface area contributed by atoms with Crippen molar-refractivity contribution in [2.75, 3.05) is 7.05 Å². The van der Waals surface area contributed by atoms with Crippen molar-refractivity contribution in [1.82, 2.24) is 10.3 Å². The number of ketones is 1. The minimum absolute atomic E-state index is 0.275. The summed E-state index contributed by atoms with van der Waals surface area (Å²) < 4.78 is 0. The van der Waals surface area contributed by atoms with Crippen molar-refractivity contribution in [2.24, 2.45) is 0 Å². The molecule has 1 N–H and O–H groups in total. The van der Waals surface area contributed by atoms with E-state index in [2.05, 4.69) is 10.3 Å². The third kappa shape index (κ3) is 3.15. The van der Waals surface area contributed by atoms with Crippen LogP contribution >= 0.6 is 11.3 Å². The van der Waals surface area contributed by atoms with Gasteiger partial charge in [-0.15, -0.1) is 11.3 Å². The highest BCUT2D eigenvalue weighted by molar-refractivity contribution is 7.10. The van der Waals surface area contributed by atoms with Gasteiger partial charge in [0.1, 0.15) is 5.01 Å². The van der Waals surface area contributed by atoms with Gasteiger partial charge in [0.15, 0.2) is 11.7 Å². The number of hydrogen-bond acceptors (Lipinski definition) is 5. The fourth-order valence-corrected chi connectivity index (χ4v) is 2.69. The highest BCUT2D eigenvalue weighted by atomic mass is 32.1. The first-order valence-electron chi connectivity index (χ1n) is 6.24. The number of thiazole rings is 1. The predicted molar refractivity (Wildman–Crippen MR) is 79.4 cm³/mol. The summed E-state index contributed by atoms with van der Waals surface area (Å²) in [5, 5.41) is 14.0. The Kier molecular flexibility index (Phi) is 4.45. The number of carbonyl (C=O) groups excluding carboxylic acids is 2. The molecule has 1 heterocycles. The van der Waals surface area contributed by atoms with E-state index >= 15 is 0 Å². The zero-order valence-electron chi connectivity index (χ0n) is 11.6. The number of amides is 1. The molecule has 1 aromatic heterocycles. The number of nitrogens with zero attached hydrogens (tertiary/aromatic N) is 2. The Balaban J connectivity index is 2.35. The summed E-state index contributed by atoms with van der Waals surface area (Å²) in [6.45, 7) is 1.81. The number of aryl methyl sites for hydroxylation is 1. The lowest BCUT2D eigenvalue weighted by Gasteiger charge is -2.07. The number of nitriles is 1. The molecule has 0 bridgehead atoms. The van der Waals surface area contributed by atoms with Crippen LogP contribution in [0.25, 0.3) is 0 Å². The third-order valence-electron chi connectivity index (χ3n) is 2.91. The van der Waals surface area contributed by atoms with E-state index in [1.807, 2.05) is 13.0 Å². The number of Topliss-reactive ketones (excluding diaryl/α,β-unsaturated/α-hetero) is 1. The first-order valence-corrected chi connectivity index (χ1v) is 7.12. The molecule has 0 aliphatic carbocycles. The zero-order chi connectivity index (χ0) is 15.4. The van der Waals surface area contributed by atoms with Gasteiger partial charge in [-0.3, -0.25) is 9.59 Å². The first-order chi connectivity index (χ1) is 10.1. The Bertz CT molecular complexity index is 731. The average molecular weight is 299 g/mol. The Hall–Kier alpha value is -2.52. The first kappa shape index (κ1) is 14.9. The molecule has 2 rings (SSSR count). The van der Waals surface area contributed by atoms with Gasteiger partial charge >= 0.3 is 0 Å². The van der Waals surface area contributed by atoms with Crippen LogP contribution in [0.3, 0.4) is 0 Å². The van der Waals surface area contributed by atoms with Crippen molar-refractivity contribution >= 4 is 23.0 Å². The molecule has 0 fully saturated rings. The summed E-state index contributed by atoms with van der Waals surface area (Å²) in [6, 6.07) is 8.32. The summed E-state index contributed by atoms with van der Waals surface area (Å²) >= 11 is 1.29. The topological polar surface area (TPSA) is 82.9 Å². The quantitative estimate of drug-likeness (QED) is 0.878. The minimum atomic E-state index is -0.941. The molecule has 6 heteroatoms. The van der Waals surface area contributed by atoms with Gasteiger partial charge in [0.05, 0.1) is 6.07 Å². The zero-order valence-corrected chi connectivity index (χ0v) is 12.4. The van der Waals surface area contributed by atoms with Crippen molar-refractivity contribution in [3.05, 3.63) is 51.5 Å². The second kappa shape index (κ2) is 6.29. The van der Waals surface area contributed by atoms with Crippen LogP contribution in [0.2, 0.25) is 0 Å². The second-order valence-electron chi connectivity index (χ2n) is 4.41. The van der Waals surface area contributed by atoms with Crippen LogP contribution < -0.4 is 5.32 Å². The van der Waals surface area contributed by atoms with Gasteiger partial charge in [-0.25, -0.2) is 4.98 Å². The van der Waals surface area contributed by atoms with Crippen LogP contribution in [0.15, 0.2) is 29.6 Å². The number of benzene rings is 1. The maximum atomic E-state index is 12.5. The highest BCUT2D eigenvalue weighted by Gasteiger charge is 2.25. The summed E-state index contributed by atoms with van der Waals surface area (Å²) in [5.74, 6) is -1.57. The number of aromatic nitrogens is 1. The maximum Gasteiger partial charge on any atom is 0.251 e. The maximum absolute atomic E-state index is 12.5. The lowest BCUT2D eigenvalue weighted by atomic mass is 9.97. The summed E-state index contributed by atoms with van der Waals surface area (Å²) in [4.78, 5) is 28.3. The summed E-state index contributed by atoms with van der Waals surface area (Å²) in [7, 11) is 1.52. The van der Waals surface area contributed by atoms with Gasteiger partial charge in [0.25, 0.3) is 5.91 Å². The number of hydrogen-bond donors (Lipinski definition) is 1. The van der Waals surface area contributed by atoms with E-state index in [0.29, 0.717) is 16.1 Å². The van der Waals surface area contributed by atoms with Crippen LogP contribution in [0, 0.1) is 18.3 Å². The molecule has 0 aliphatic rings. The second-order valence-corrected chi connectivity index (χ2v) is 5.30. The van der Waals surface area contributed by atoms with Gasteiger partial charge in [-0.05, 0) is 19.1 Å². The molecule has 2 aromatic rings. The largest absolute Gasteiger partial charge is 0.355 e. The Labute approximate surface area is 126 Å². The fraction of sp³-hybridized carbons (Fsp3) is 0.200. The number of rotatable bonds is 4. The normalized spacial score (nSPS) is 11.5. The number of nitrogens with one attached hydrogen (secondary N) is 1. The Morgan fingerprint density at radius 3 is 2.67 bits per heavy atom. The van der Waals surface area contributed by atoms with E-state index < -0.39 is 5.92 Å². The van der Waals surface area contributed by atoms with Crippen LogP contribution in [0.4, 0.5) is 0 Å². The average Bonchev–Trinajstić information content (AvgIpc) is 2.93. The van der Waals surface area contributed by atoms with Crippen molar-refractivity contribution in [3.8, 4) is 6.07 Å².